The van der Waals surface area contributed by atoms with Crippen molar-refractivity contribution in [3.63, 3.8) is 0 Å². The predicted octanol–water partition coefficient (Wildman–Crippen LogP) is 1.68. The molecule has 1 amide bonds. The van der Waals surface area contributed by atoms with Crippen LogP contribution in [0.1, 0.15) is 31.2 Å². The monoisotopic (exact) mass is 315 g/mol. The third kappa shape index (κ3) is 3.56. The van der Waals surface area contributed by atoms with Crippen molar-refractivity contribution in [1.82, 2.24) is 14.8 Å². The van der Waals surface area contributed by atoms with E-state index in [1.807, 2.05) is 12.4 Å². The maximum absolute atomic E-state index is 12.1. The number of hydrogen-bond acceptors (Lipinski definition) is 4. The van der Waals surface area contributed by atoms with Gasteiger partial charge in [0.1, 0.15) is 6.61 Å². The molecule has 1 aromatic heterocycles. The predicted molar refractivity (Wildman–Crippen MR) is 86.7 cm³/mol. The summed E-state index contributed by atoms with van der Waals surface area (Å²) in [4.78, 5) is 20.7. The molecule has 2 saturated heterocycles. The number of ether oxygens (including phenoxy) is 1. The van der Waals surface area contributed by atoms with E-state index in [-0.39, 0.29) is 18.1 Å². The fourth-order valence-corrected chi connectivity index (χ4v) is 3.73. The Morgan fingerprint density at radius 3 is 2.65 bits per heavy atom. The summed E-state index contributed by atoms with van der Waals surface area (Å²) in [7, 11) is 0. The molecule has 5 heteroatoms. The van der Waals surface area contributed by atoms with E-state index >= 15 is 0 Å². The Hall–Kier alpha value is -1.46. The SMILES string of the molecule is O=C1COC2(CCN(Cc3ccncc3)CC2)CN1CC1CC1. The maximum atomic E-state index is 12.1. The summed E-state index contributed by atoms with van der Waals surface area (Å²) in [5.74, 6) is 0.933. The Bertz CT molecular complexity index is 551. The highest BCUT2D eigenvalue weighted by Crippen LogP contribution is 2.34. The molecule has 3 fully saturated rings. The molecule has 4 rings (SSSR count). The van der Waals surface area contributed by atoms with Crippen LogP contribution < -0.4 is 0 Å². The summed E-state index contributed by atoms with van der Waals surface area (Å²) in [5, 5.41) is 0. The molecule has 0 atom stereocenters. The Kier molecular flexibility index (Phi) is 4.07. The minimum absolute atomic E-state index is 0.0997. The lowest BCUT2D eigenvalue weighted by atomic mass is 9.89. The van der Waals surface area contributed by atoms with Gasteiger partial charge in [-0.05, 0) is 49.3 Å². The number of rotatable bonds is 4. The number of carbonyl (C=O) groups is 1. The lowest BCUT2D eigenvalue weighted by Gasteiger charge is -2.47. The minimum atomic E-state index is -0.0997. The molecule has 3 aliphatic rings. The van der Waals surface area contributed by atoms with Crippen molar-refractivity contribution in [3.8, 4) is 0 Å². The lowest BCUT2D eigenvalue weighted by molar-refractivity contribution is -0.172. The Morgan fingerprint density at radius 1 is 1.22 bits per heavy atom. The molecular formula is C18H25N3O2. The Balaban J connectivity index is 1.33. The summed E-state index contributed by atoms with van der Waals surface area (Å²) >= 11 is 0. The molecule has 1 saturated carbocycles. The molecule has 0 radical (unpaired) electrons. The first-order valence-electron chi connectivity index (χ1n) is 8.75. The van der Waals surface area contributed by atoms with Crippen LogP contribution in [0.15, 0.2) is 24.5 Å². The molecule has 5 nitrogen and oxygen atoms in total. The van der Waals surface area contributed by atoms with Crippen molar-refractivity contribution in [2.75, 3.05) is 32.8 Å². The molecule has 0 aromatic carbocycles. The highest BCUT2D eigenvalue weighted by molar-refractivity contribution is 5.78. The van der Waals surface area contributed by atoms with Crippen LogP contribution in [0.25, 0.3) is 0 Å². The van der Waals surface area contributed by atoms with Crippen LogP contribution in [0.3, 0.4) is 0 Å². The zero-order valence-electron chi connectivity index (χ0n) is 13.6. The molecule has 0 N–H and O–H groups in total. The second kappa shape index (κ2) is 6.21. The molecule has 0 bridgehead atoms. The topological polar surface area (TPSA) is 45.7 Å². The van der Waals surface area contributed by atoms with E-state index in [9.17, 15) is 4.79 Å². The molecule has 2 aliphatic heterocycles. The van der Waals surface area contributed by atoms with Crippen LogP contribution in [0.5, 0.6) is 0 Å². The highest BCUT2D eigenvalue weighted by Gasteiger charge is 2.43. The van der Waals surface area contributed by atoms with E-state index in [4.69, 9.17) is 4.74 Å². The third-order valence-electron chi connectivity index (χ3n) is 5.43. The van der Waals surface area contributed by atoms with E-state index in [0.717, 1.165) is 51.5 Å². The molecule has 1 spiro atoms. The number of likely N-dealkylation sites (tertiary alicyclic amines) is 1. The zero-order chi connectivity index (χ0) is 15.7. The van der Waals surface area contributed by atoms with Gasteiger partial charge in [-0.3, -0.25) is 14.7 Å². The second-order valence-electron chi connectivity index (χ2n) is 7.32. The van der Waals surface area contributed by atoms with Crippen LogP contribution >= 0.6 is 0 Å². The average Bonchev–Trinajstić information content (AvgIpc) is 3.39. The van der Waals surface area contributed by atoms with Crippen LogP contribution in [-0.2, 0) is 16.1 Å². The Labute approximate surface area is 137 Å². The number of morpholine rings is 1. The van der Waals surface area contributed by atoms with Crippen molar-refractivity contribution in [2.24, 2.45) is 5.92 Å². The fourth-order valence-electron chi connectivity index (χ4n) is 3.73. The number of pyridine rings is 1. The zero-order valence-corrected chi connectivity index (χ0v) is 13.6. The lowest BCUT2D eigenvalue weighted by Crippen LogP contribution is -2.58. The van der Waals surface area contributed by atoms with Gasteiger partial charge in [0, 0.05) is 45.1 Å². The summed E-state index contributed by atoms with van der Waals surface area (Å²) in [6, 6.07) is 4.16. The molecule has 3 heterocycles. The third-order valence-corrected chi connectivity index (χ3v) is 5.43. The van der Waals surface area contributed by atoms with Gasteiger partial charge < -0.3 is 9.64 Å². The fraction of sp³-hybridized carbons (Fsp3) is 0.667. The summed E-state index contributed by atoms with van der Waals surface area (Å²) in [6.07, 6.45) is 8.33. The van der Waals surface area contributed by atoms with E-state index < -0.39 is 0 Å². The van der Waals surface area contributed by atoms with Crippen LogP contribution in [0, 0.1) is 5.92 Å². The number of piperidine rings is 1. The molecule has 1 aromatic rings. The molecular weight excluding hydrogens is 290 g/mol. The van der Waals surface area contributed by atoms with Crippen molar-refractivity contribution < 1.29 is 9.53 Å². The molecule has 1 aliphatic carbocycles. The number of amides is 1. The summed E-state index contributed by atoms with van der Waals surface area (Å²) in [6.45, 7) is 5.07. The van der Waals surface area contributed by atoms with Gasteiger partial charge in [-0.25, -0.2) is 0 Å². The normalized spacial score (nSPS) is 25.0. The first-order valence-corrected chi connectivity index (χ1v) is 8.75. The van der Waals surface area contributed by atoms with Crippen molar-refractivity contribution >= 4 is 5.91 Å². The Morgan fingerprint density at radius 2 is 1.96 bits per heavy atom. The van der Waals surface area contributed by atoms with Gasteiger partial charge in [0.15, 0.2) is 0 Å². The highest BCUT2D eigenvalue weighted by atomic mass is 16.5. The molecule has 124 valence electrons. The van der Waals surface area contributed by atoms with Crippen molar-refractivity contribution in [1.29, 1.82) is 0 Å². The molecule has 23 heavy (non-hydrogen) atoms. The van der Waals surface area contributed by atoms with Gasteiger partial charge in [0.2, 0.25) is 5.91 Å². The first kappa shape index (κ1) is 15.1. The van der Waals surface area contributed by atoms with E-state index in [2.05, 4.69) is 26.9 Å². The summed E-state index contributed by atoms with van der Waals surface area (Å²) in [5.41, 5.74) is 1.21. The van der Waals surface area contributed by atoms with Gasteiger partial charge in [-0.1, -0.05) is 0 Å². The maximum Gasteiger partial charge on any atom is 0.248 e. The largest absolute Gasteiger partial charge is 0.363 e. The van der Waals surface area contributed by atoms with E-state index in [0.29, 0.717) is 0 Å². The van der Waals surface area contributed by atoms with Crippen molar-refractivity contribution in [3.05, 3.63) is 30.1 Å². The van der Waals surface area contributed by atoms with Gasteiger partial charge in [0.25, 0.3) is 0 Å². The number of aromatic nitrogens is 1. The van der Waals surface area contributed by atoms with Gasteiger partial charge in [-0.15, -0.1) is 0 Å². The van der Waals surface area contributed by atoms with Gasteiger partial charge in [-0.2, -0.15) is 0 Å². The average molecular weight is 315 g/mol. The van der Waals surface area contributed by atoms with Crippen LogP contribution in [-0.4, -0.2) is 59.1 Å². The van der Waals surface area contributed by atoms with Crippen LogP contribution in [0.4, 0.5) is 0 Å². The quantitative estimate of drug-likeness (QED) is 0.848. The van der Waals surface area contributed by atoms with E-state index in [1.54, 1.807) is 0 Å². The smallest absolute Gasteiger partial charge is 0.248 e. The van der Waals surface area contributed by atoms with E-state index in [1.165, 1.54) is 18.4 Å². The second-order valence-corrected chi connectivity index (χ2v) is 7.32. The minimum Gasteiger partial charge on any atom is -0.363 e. The molecule has 0 unspecified atom stereocenters. The number of nitrogens with zero attached hydrogens (tertiary/aromatic N) is 3. The first-order chi connectivity index (χ1) is 11.2. The van der Waals surface area contributed by atoms with Gasteiger partial charge >= 0.3 is 0 Å². The summed E-state index contributed by atoms with van der Waals surface area (Å²) < 4.78 is 6.02. The van der Waals surface area contributed by atoms with Crippen LogP contribution in [0.2, 0.25) is 0 Å². The number of hydrogen-bond donors (Lipinski definition) is 0. The standard InChI is InChI=1S/C18H25N3O2/c22-17-13-23-18(14-21(17)12-15-1-2-15)5-9-20(10-6-18)11-16-3-7-19-8-4-16/h3-4,7-8,15H,1-2,5-6,9-14H2. The van der Waals surface area contributed by atoms with Gasteiger partial charge in [0.05, 0.1) is 5.60 Å². The number of carbonyl (C=O) groups excluding carboxylic acids is 1. The van der Waals surface area contributed by atoms with Crippen molar-refractivity contribution in [2.45, 2.75) is 37.8 Å².